The van der Waals surface area contributed by atoms with Gasteiger partial charge in [-0.2, -0.15) is 5.26 Å². The molecule has 0 spiro atoms. The molecule has 7 nitrogen and oxygen atoms in total. The molecule has 0 aliphatic heterocycles. The summed E-state index contributed by atoms with van der Waals surface area (Å²) in [7, 11) is 0. The van der Waals surface area contributed by atoms with Crippen molar-refractivity contribution in [3.8, 4) is 11.8 Å². The Hall–Kier alpha value is -3.09. The largest absolute Gasteiger partial charge is 0.483 e. The summed E-state index contributed by atoms with van der Waals surface area (Å²) < 4.78 is 7.96. The van der Waals surface area contributed by atoms with Gasteiger partial charge in [0.1, 0.15) is 16.8 Å². The van der Waals surface area contributed by atoms with E-state index in [1.807, 2.05) is 42.7 Å². The lowest BCUT2D eigenvalue weighted by atomic mass is 9.96. The van der Waals surface area contributed by atoms with Crippen LogP contribution in [-0.2, 0) is 24.2 Å². The molecule has 9 heteroatoms. The van der Waals surface area contributed by atoms with E-state index in [4.69, 9.17) is 4.74 Å². The van der Waals surface area contributed by atoms with Crippen LogP contribution in [0.15, 0.2) is 42.1 Å². The van der Waals surface area contributed by atoms with Crippen molar-refractivity contribution < 1.29 is 9.53 Å². The summed E-state index contributed by atoms with van der Waals surface area (Å²) in [6, 6.07) is 10.1. The van der Waals surface area contributed by atoms with Crippen LogP contribution in [0.3, 0.4) is 0 Å². The van der Waals surface area contributed by atoms with Gasteiger partial charge in [0, 0.05) is 11.4 Å². The molecule has 0 saturated carbocycles. The molecular weight excluding hydrogens is 466 g/mol. The molecule has 0 bridgehead atoms. The topological polar surface area (TPSA) is 92.8 Å². The van der Waals surface area contributed by atoms with Crippen molar-refractivity contribution in [3.05, 3.63) is 64.3 Å². The van der Waals surface area contributed by atoms with Crippen LogP contribution in [-0.4, -0.2) is 26.4 Å². The van der Waals surface area contributed by atoms with E-state index in [0.29, 0.717) is 28.1 Å². The maximum absolute atomic E-state index is 12.7. The smallest absolute Gasteiger partial charge is 0.235 e. The Bertz CT molecular complexity index is 1220. The summed E-state index contributed by atoms with van der Waals surface area (Å²) in [5.74, 6) is 1.42. The second-order valence-corrected chi connectivity index (χ2v) is 10.2. The number of nitrogens with zero attached hydrogens (tertiary/aromatic N) is 4. The molecular formula is C25H27N5O2S2. The summed E-state index contributed by atoms with van der Waals surface area (Å²) in [5.41, 5.74) is 2.90. The zero-order chi connectivity index (χ0) is 24.1. The highest BCUT2D eigenvalue weighted by atomic mass is 32.2. The van der Waals surface area contributed by atoms with Crippen molar-refractivity contribution in [2.45, 2.75) is 57.3 Å². The van der Waals surface area contributed by atoms with Crippen molar-refractivity contribution in [2.75, 3.05) is 11.1 Å². The van der Waals surface area contributed by atoms with Gasteiger partial charge < -0.3 is 10.1 Å². The van der Waals surface area contributed by atoms with Crippen molar-refractivity contribution in [1.29, 1.82) is 5.26 Å². The summed E-state index contributed by atoms with van der Waals surface area (Å²) in [5, 5.41) is 22.5. The van der Waals surface area contributed by atoms with Gasteiger partial charge in [-0.15, -0.1) is 28.1 Å². The van der Waals surface area contributed by atoms with Gasteiger partial charge in [-0.3, -0.25) is 9.36 Å². The quantitative estimate of drug-likeness (QED) is 0.314. The third-order valence-electron chi connectivity index (χ3n) is 5.62. The first-order valence-electron chi connectivity index (χ1n) is 11.2. The van der Waals surface area contributed by atoms with Gasteiger partial charge in [-0.25, -0.2) is 0 Å². The van der Waals surface area contributed by atoms with E-state index >= 15 is 0 Å². The molecule has 0 radical (unpaired) electrons. The predicted octanol–water partition coefficient (Wildman–Crippen LogP) is 5.46. The summed E-state index contributed by atoms with van der Waals surface area (Å²) >= 11 is 2.84. The van der Waals surface area contributed by atoms with Crippen molar-refractivity contribution >= 4 is 34.0 Å². The average Bonchev–Trinajstić information content (AvgIpc) is 3.39. The Labute approximate surface area is 207 Å². The minimum Gasteiger partial charge on any atom is -0.483 e. The molecule has 1 aromatic carbocycles. The van der Waals surface area contributed by atoms with Gasteiger partial charge in [-0.05, 0) is 57.2 Å². The second kappa shape index (κ2) is 10.9. The van der Waals surface area contributed by atoms with Crippen molar-refractivity contribution in [1.82, 2.24) is 14.8 Å². The first-order valence-corrected chi connectivity index (χ1v) is 13.0. The Morgan fingerprint density at radius 3 is 2.85 bits per heavy atom. The van der Waals surface area contributed by atoms with E-state index < -0.39 is 0 Å². The number of anilines is 1. The fraction of sp³-hybridized carbons (Fsp3) is 0.360. The minimum absolute atomic E-state index is 0.163. The van der Waals surface area contributed by atoms with Crippen molar-refractivity contribution in [2.24, 2.45) is 0 Å². The molecule has 1 atom stereocenters. The number of allylic oxidation sites excluding steroid dienone is 1. The molecule has 1 unspecified atom stereocenters. The Morgan fingerprint density at radius 2 is 2.12 bits per heavy atom. The van der Waals surface area contributed by atoms with E-state index in [9.17, 15) is 10.1 Å². The Balaban J connectivity index is 1.43. The number of nitrogens with one attached hydrogen (secondary N) is 1. The lowest BCUT2D eigenvalue weighted by Crippen LogP contribution is -2.15. The van der Waals surface area contributed by atoms with E-state index in [2.05, 4.69) is 28.2 Å². The van der Waals surface area contributed by atoms with Gasteiger partial charge in [-0.1, -0.05) is 35.5 Å². The number of hydrogen-bond acceptors (Lipinski definition) is 7. The fourth-order valence-corrected chi connectivity index (χ4v) is 5.96. The van der Waals surface area contributed by atoms with Crippen LogP contribution in [0, 0.1) is 18.3 Å². The molecule has 2 aromatic heterocycles. The number of thioether (sulfide) groups is 1. The SMILES string of the molecule is C=CCn1c(SCC(=O)Nc2sc3c(c2C#N)CCCC3)nnc1C(C)Oc1ccc(C)cc1. The third kappa shape index (κ3) is 5.34. The number of ether oxygens (including phenoxy) is 1. The first-order chi connectivity index (χ1) is 16.5. The monoisotopic (exact) mass is 493 g/mol. The zero-order valence-corrected chi connectivity index (χ0v) is 21.0. The summed E-state index contributed by atoms with van der Waals surface area (Å²) in [6.07, 6.45) is 5.56. The number of carbonyl (C=O) groups excluding carboxylic acids is 1. The zero-order valence-electron chi connectivity index (χ0n) is 19.3. The number of aromatic nitrogens is 3. The highest BCUT2D eigenvalue weighted by Crippen LogP contribution is 2.37. The average molecular weight is 494 g/mol. The highest BCUT2D eigenvalue weighted by Gasteiger charge is 2.23. The fourth-order valence-electron chi connectivity index (χ4n) is 3.95. The van der Waals surface area contributed by atoms with Crippen molar-refractivity contribution in [3.63, 3.8) is 0 Å². The number of thiophene rings is 1. The Kier molecular flexibility index (Phi) is 7.70. The standard InChI is InChI=1S/C25H27N5O2S2/c1-4-13-30-23(17(3)32-18-11-9-16(2)10-12-18)28-29-25(30)33-15-22(31)27-24-20(14-26)19-7-5-6-8-21(19)34-24/h4,9-12,17H,1,5-8,13,15H2,2-3H3,(H,27,31). The molecule has 34 heavy (non-hydrogen) atoms. The molecule has 1 amide bonds. The minimum atomic E-state index is -0.325. The van der Waals surface area contributed by atoms with Crippen LogP contribution in [0.4, 0.5) is 5.00 Å². The van der Waals surface area contributed by atoms with Gasteiger partial charge >= 0.3 is 0 Å². The van der Waals surface area contributed by atoms with Crippen LogP contribution < -0.4 is 10.1 Å². The molecule has 1 aliphatic carbocycles. The van der Waals surface area contributed by atoms with E-state index in [1.54, 1.807) is 6.08 Å². The molecule has 1 N–H and O–H groups in total. The number of fused-ring (bicyclic) bond motifs is 1. The maximum atomic E-state index is 12.7. The number of carbonyl (C=O) groups is 1. The van der Waals surface area contributed by atoms with E-state index in [1.165, 1.54) is 28.0 Å². The number of aryl methyl sites for hydroxylation is 2. The van der Waals surface area contributed by atoms with Crippen LogP contribution in [0.2, 0.25) is 0 Å². The number of nitriles is 1. The first kappa shape index (κ1) is 24.0. The van der Waals surface area contributed by atoms with Gasteiger partial charge in [0.25, 0.3) is 0 Å². The predicted molar refractivity (Wildman–Crippen MR) is 135 cm³/mol. The normalized spacial score (nSPS) is 13.6. The van der Waals surface area contributed by atoms with Crippen LogP contribution in [0.25, 0.3) is 0 Å². The number of benzene rings is 1. The van der Waals surface area contributed by atoms with Crippen LogP contribution in [0.5, 0.6) is 5.75 Å². The molecule has 2 heterocycles. The molecule has 4 rings (SSSR count). The highest BCUT2D eigenvalue weighted by molar-refractivity contribution is 7.99. The summed E-state index contributed by atoms with van der Waals surface area (Å²) in [6.45, 7) is 8.29. The van der Waals surface area contributed by atoms with Gasteiger partial charge in [0.15, 0.2) is 17.1 Å². The molecule has 1 aliphatic rings. The number of rotatable bonds is 9. The number of hydrogen-bond donors (Lipinski definition) is 1. The van der Waals surface area contributed by atoms with E-state index in [-0.39, 0.29) is 17.8 Å². The Morgan fingerprint density at radius 1 is 1.35 bits per heavy atom. The summed E-state index contributed by atoms with van der Waals surface area (Å²) in [4.78, 5) is 13.9. The maximum Gasteiger partial charge on any atom is 0.235 e. The molecule has 3 aromatic rings. The number of amides is 1. The molecule has 0 fully saturated rings. The van der Waals surface area contributed by atoms with Gasteiger partial charge in [0.05, 0.1) is 11.3 Å². The molecule has 176 valence electrons. The van der Waals surface area contributed by atoms with E-state index in [0.717, 1.165) is 42.6 Å². The van der Waals surface area contributed by atoms with Gasteiger partial charge in [0.2, 0.25) is 5.91 Å². The molecule has 0 saturated heterocycles. The second-order valence-electron chi connectivity index (χ2n) is 8.18. The lowest BCUT2D eigenvalue weighted by molar-refractivity contribution is -0.113. The lowest BCUT2D eigenvalue weighted by Gasteiger charge is -2.16. The third-order valence-corrected chi connectivity index (χ3v) is 7.80. The van der Waals surface area contributed by atoms with Crippen LogP contribution >= 0.6 is 23.1 Å². The van der Waals surface area contributed by atoms with Crippen LogP contribution in [0.1, 0.15) is 53.3 Å².